The molecular formula is C11H19Br. The van der Waals surface area contributed by atoms with Gasteiger partial charge in [-0.3, -0.25) is 0 Å². The monoisotopic (exact) mass is 230 g/mol. The smallest absolute Gasteiger partial charge is 0.0232 e. The summed E-state index contributed by atoms with van der Waals surface area (Å²) < 4.78 is 0.386. The topological polar surface area (TPSA) is 0 Å². The maximum Gasteiger partial charge on any atom is 0.0232 e. The van der Waals surface area contributed by atoms with E-state index in [9.17, 15) is 0 Å². The van der Waals surface area contributed by atoms with Crippen molar-refractivity contribution in [2.75, 3.05) is 0 Å². The molecule has 0 aromatic heterocycles. The third-order valence-corrected chi connectivity index (χ3v) is 4.52. The number of hydrogen-bond donors (Lipinski definition) is 0. The third-order valence-electron chi connectivity index (χ3n) is 3.93. The molecular weight excluding hydrogens is 212 g/mol. The summed E-state index contributed by atoms with van der Waals surface area (Å²) in [5.74, 6) is 3.05. The highest BCUT2D eigenvalue weighted by Gasteiger charge is 2.41. The van der Waals surface area contributed by atoms with E-state index in [-0.39, 0.29) is 0 Å². The van der Waals surface area contributed by atoms with Gasteiger partial charge in [0.15, 0.2) is 0 Å². The van der Waals surface area contributed by atoms with Gasteiger partial charge in [-0.25, -0.2) is 0 Å². The van der Waals surface area contributed by atoms with Crippen LogP contribution in [0.3, 0.4) is 0 Å². The molecule has 0 N–H and O–H groups in total. The Morgan fingerprint density at radius 1 is 1.08 bits per heavy atom. The molecule has 1 unspecified atom stereocenters. The summed E-state index contributed by atoms with van der Waals surface area (Å²) in [6.07, 6.45) is 7.53. The highest BCUT2D eigenvalue weighted by molar-refractivity contribution is 9.10. The van der Waals surface area contributed by atoms with E-state index in [0.717, 1.165) is 17.8 Å². The molecule has 0 radical (unpaired) electrons. The van der Waals surface area contributed by atoms with E-state index in [2.05, 4.69) is 29.8 Å². The van der Waals surface area contributed by atoms with Gasteiger partial charge in [-0.1, -0.05) is 28.8 Å². The fourth-order valence-electron chi connectivity index (χ4n) is 3.22. The van der Waals surface area contributed by atoms with Crippen LogP contribution in [-0.4, -0.2) is 4.32 Å². The molecule has 3 rings (SSSR count). The van der Waals surface area contributed by atoms with Crippen molar-refractivity contribution in [2.24, 2.45) is 17.8 Å². The molecule has 1 heteroatoms. The maximum atomic E-state index is 3.84. The Labute approximate surface area is 84.2 Å². The molecule has 0 heterocycles. The van der Waals surface area contributed by atoms with Gasteiger partial charge in [0.25, 0.3) is 0 Å². The summed E-state index contributed by atoms with van der Waals surface area (Å²) in [4.78, 5) is 0. The van der Waals surface area contributed by atoms with Crippen molar-refractivity contribution in [2.45, 2.75) is 50.3 Å². The van der Waals surface area contributed by atoms with Gasteiger partial charge in [-0.05, 0) is 50.9 Å². The summed E-state index contributed by atoms with van der Waals surface area (Å²) in [6.45, 7) is 4.69. The molecule has 0 spiro atoms. The van der Waals surface area contributed by atoms with Gasteiger partial charge in [0, 0.05) is 4.32 Å². The largest absolute Gasteiger partial charge is 0.0856 e. The summed E-state index contributed by atoms with van der Waals surface area (Å²) in [7, 11) is 0. The van der Waals surface area contributed by atoms with Gasteiger partial charge in [0.05, 0.1) is 0 Å². The lowest BCUT2D eigenvalue weighted by Crippen LogP contribution is -2.40. The van der Waals surface area contributed by atoms with Gasteiger partial charge in [-0.2, -0.15) is 0 Å². The first-order valence-electron chi connectivity index (χ1n) is 5.26. The molecule has 2 bridgehead atoms. The summed E-state index contributed by atoms with van der Waals surface area (Å²) in [5.41, 5.74) is 0. The molecule has 0 aliphatic heterocycles. The van der Waals surface area contributed by atoms with Crippen LogP contribution >= 0.6 is 15.9 Å². The van der Waals surface area contributed by atoms with Crippen molar-refractivity contribution >= 4 is 15.9 Å². The molecule has 70 valence electrons. The average Bonchev–Trinajstić information content (AvgIpc) is 2.05. The minimum absolute atomic E-state index is 0.386. The molecule has 0 aromatic carbocycles. The second kappa shape index (κ2) is 3.01. The highest BCUT2D eigenvalue weighted by atomic mass is 79.9. The number of hydrogen-bond acceptors (Lipinski definition) is 0. The van der Waals surface area contributed by atoms with Crippen LogP contribution in [0.15, 0.2) is 0 Å². The molecule has 3 saturated carbocycles. The fourth-order valence-corrected chi connectivity index (χ4v) is 3.78. The molecule has 0 aromatic rings. The van der Waals surface area contributed by atoms with Crippen LogP contribution in [0.1, 0.15) is 46.0 Å². The second-order valence-corrected chi connectivity index (χ2v) is 7.23. The van der Waals surface area contributed by atoms with Gasteiger partial charge in [0.2, 0.25) is 0 Å². The molecule has 12 heavy (non-hydrogen) atoms. The predicted octanol–water partition coefficient (Wildman–Crippen LogP) is 3.99. The summed E-state index contributed by atoms with van der Waals surface area (Å²) >= 11 is 3.84. The zero-order chi connectivity index (χ0) is 8.77. The van der Waals surface area contributed by atoms with Crippen LogP contribution < -0.4 is 0 Å². The van der Waals surface area contributed by atoms with Gasteiger partial charge in [0.1, 0.15) is 0 Å². The van der Waals surface area contributed by atoms with Crippen molar-refractivity contribution < 1.29 is 0 Å². The van der Waals surface area contributed by atoms with E-state index in [1.807, 2.05) is 0 Å². The lowest BCUT2D eigenvalue weighted by atomic mass is 9.61. The standard InChI is InChI=1S/C11H19Br/c1-11(2,12)10-7-8-3-5-9(10)6-4-8/h8-10H,3-7H2,1-2H3. The van der Waals surface area contributed by atoms with Gasteiger partial charge >= 0.3 is 0 Å². The van der Waals surface area contributed by atoms with Gasteiger partial charge in [-0.15, -0.1) is 0 Å². The van der Waals surface area contributed by atoms with E-state index in [1.54, 1.807) is 0 Å². The molecule has 0 nitrogen and oxygen atoms in total. The minimum atomic E-state index is 0.386. The summed E-state index contributed by atoms with van der Waals surface area (Å²) in [6, 6.07) is 0. The second-order valence-electron chi connectivity index (χ2n) is 5.19. The van der Waals surface area contributed by atoms with Crippen LogP contribution in [0.2, 0.25) is 0 Å². The Hall–Kier alpha value is 0.480. The predicted molar refractivity (Wildman–Crippen MR) is 56.6 cm³/mol. The Bertz CT molecular complexity index is 160. The highest BCUT2D eigenvalue weighted by Crippen LogP contribution is 2.50. The molecule has 0 saturated heterocycles. The van der Waals surface area contributed by atoms with Crippen LogP contribution in [0.5, 0.6) is 0 Å². The number of halogens is 1. The lowest BCUT2D eigenvalue weighted by Gasteiger charge is -2.47. The van der Waals surface area contributed by atoms with Gasteiger partial charge < -0.3 is 0 Å². The maximum absolute atomic E-state index is 3.84. The molecule has 3 aliphatic carbocycles. The Kier molecular flexibility index (Phi) is 2.27. The van der Waals surface area contributed by atoms with E-state index >= 15 is 0 Å². The normalized spacial score (nSPS) is 41.8. The minimum Gasteiger partial charge on any atom is -0.0856 e. The van der Waals surface area contributed by atoms with Crippen LogP contribution in [0, 0.1) is 17.8 Å². The molecule has 3 fully saturated rings. The first-order chi connectivity index (χ1) is 5.57. The molecule has 3 aliphatic rings. The third kappa shape index (κ3) is 1.57. The van der Waals surface area contributed by atoms with Crippen molar-refractivity contribution in [3.63, 3.8) is 0 Å². The zero-order valence-corrected chi connectivity index (χ0v) is 9.73. The van der Waals surface area contributed by atoms with Crippen molar-refractivity contribution in [1.82, 2.24) is 0 Å². The molecule has 0 amide bonds. The Balaban J connectivity index is 2.09. The first-order valence-corrected chi connectivity index (χ1v) is 6.05. The zero-order valence-electron chi connectivity index (χ0n) is 8.15. The number of fused-ring (bicyclic) bond motifs is 3. The number of rotatable bonds is 1. The molecule has 1 atom stereocenters. The fraction of sp³-hybridized carbons (Fsp3) is 1.00. The van der Waals surface area contributed by atoms with Crippen LogP contribution in [0.25, 0.3) is 0 Å². The average molecular weight is 231 g/mol. The Morgan fingerprint density at radius 3 is 1.92 bits per heavy atom. The van der Waals surface area contributed by atoms with E-state index in [4.69, 9.17) is 0 Å². The quantitative estimate of drug-likeness (QED) is 0.598. The summed E-state index contributed by atoms with van der Waals surface area (Å²) in [5, 5.41) is 0. The van der Waals surface area contributed by atoms with Crippen molar-refractivity contribution in [1.29, 1.82) is 0 Å². The van der Waals surface area contributed by atoms with E-state index in [0.29, 0.717) is 4.32 Å². The lowest BCUT2D eigenvalue weighted by molar-refractivity contribution is 0.0810. The Morgan fingerprint density at radius 2 is 1.67 bits per heavy atom. The number of alkyl halides is 1. The van der Waals surface area contributed by atoms with E-state index in [1.165, 1.54) is 32.1 Å². The van der Waals surface area contributed by atoms with E-state index < -0.39 is 0 Å². The van der Waals surface area contributed by atoms with Crippen molar-refractivity contribution in [3.05, 3.63) is 0 Å². The van der Waals surface area contributed by atoms with Crippen LogP contribution in [-0.2, 0) is 0 Å². The SMILES string of the molecule is CC(C)(Br)C1CC2CCC1CC2. The van der Waals surface area contributed by atoms with Crippen LogP contribution in [0.4, 0.5) is 0 Å². The van der Waals surface area contributed by atoms with Crippen molar-refractivity contribution in [3.8, 4) is 0 Å². The first kappa shape index (κ1) is 9.05.